The lowest BCUT2D eigenvalue weighted by molar-refractivity contribution is 0.240. The van der Waals surface area contributed by atoms with E-state index < -0.39 is 0 Å². The van der Waals surface area contributed by atoms with E-state index in [1.165, 1.54) is 0 Å². The van der Waals surface area contributed by atoms with Crippen LogP contribution in [0.15, 0.2) is 46.9 Å². The van der Waals surface area contributed by atoms with E-state index in [1.54, 1.807) is 6.07 Å². The number of aliphatic hydroxyl groups excluding tert-OH is 2. The third-order valence-corrected chi connectivity index (χ3v) is 3.02. The SMILES string of the molecule is OCC[C@@H](NCc1ccc(CO)o1)c1ccccc1. The molecule has 0 aliphatic carbocycles. The Hall–Kier alpha value is -1.62. The van der Waals surface area contributed by atoms with E-state index in [2.05, 4.69) is 5.32 Å². The fourth-order valence-corrected chi connectivity index (χ4v) is 2.03. The Morgan fingerprint density at radius 1 is 1.00 bits per heavy atom. The number of furan rings is 1. The summed E-state index contributed by atoms with van der Waals surface area (Å²) in [6.45, 7) is 0.616. The first kappa shape index (κ1) is 13.8. The highest BCUT2D eigenvalue weighted by Crippen LogP contribution is 2.17. The van der Waals surface area contributed by atoms with Crippen molar-refractivity contribution < 1.29 is 14.6 Å². The van der Waals surface area contributed by atoms with Gasteiger partial charge < -0.3 is 19.9 Å². The van der Waals surface area contributed by atoms with Crippen molar-refractivity contribution in [1.29, 1.82) is 0 Å². The van der Waals surface area contributed by atoms with Crippen LogP contribution in [0.5, 0.6) is 0 Å². The highest BCUT2D eigenvalue weighted by molar-refractivity contribution is 5.19. The molecule has 0 bridgehead atoms. The Morgan fingerprint density at radius 3 is 2.37 bits per heavy atom. The predicted octanol–water partition coefficient (Wildman–Crippen LogP) is 1.99. The molecule has 1 atom stereocenters. The largest absolute Gasteiger partial charge is 0.462 e. The van der Waals surface area contributed by atoms with E-state index in [-0.39, 0.29) is 19.3 Å². The Bertz CT molecular complexity index is 481. The van der Waals surface area contributed by atoms with Gasteiger partial charge in [0.1, 0.15) is 18.1 Å². The summed E-state index contributed by atoms with van der Waals surface area (Å²) in [5, 5.41) is 21.4. The van der Waals surface area contributed by atoms with Gasteiger partial charge in [0.25, 0.3) is 0 Å². The molecule has 0 fully saturated rings. The Labute approximate surface area is 112 Å². The molecule has 0 amide bonds. The summed E-state index contributed by atoms with van der Waals surface area (Å²) in [5.74, 6) is 1.35. The molecule has 0 aliphatic rings. The molecule has 0 saturated carbocycles. The summed E-state index contributed by atoms with van der Waals surface area (Å²) in [4.78, 5) is 0. The molecule has 0 spiro atoms. The molecule has 4 heteroatoms. The molecule has 1 aromatic carbocycles. The van der Waals surface area contributed by atoms with Crippen molar-refractivity contribution in [3.8, 4) is 0 Å². The molecule has 2 aromatic rings. The topological polar surface area (TPSA) is 65.6 Å². The van der Waals surface area contributed by atoms with Crippen molar-refractivity contribution in [2.24, 2.45) is 0 Å². The van der Waals surface area contributed by atoms with Crippen LogP contribution in [0.25, 0.3) is 0 Å². The zero-order chi connectivity index (χ0) is 13.5. The molecule has 102 valence electrons. The number of hydrogen-bond acceptors (Lipinski definition) is 4. The number of rotatable bonds is 7. The third-order valence-electron chi connectivity index (χ3n) is 3.02. The molecule has 0 aliphatic heterocycles. The van der Waals surface area contributed by atoms with Crippen molar-refractivity contribution in [1.82, 2.24) is 5.32 Å². The molecule has 19 heavy (non-hydrogen) atoms. The van der Waals surface area contributed by atoms with Gasteiger partial charge in [0.2, 0.25) is 0 Å². The van der Waals surface area contributed by atoms with Gasteiger partial charge in [-0.05, 0) is 24.1 Å². The van der Waals surface area contributed by atoms with Crippen molar-refractivity contribution in [3.05, 3.63) is 59.5 Å². The Kier molecular flexibility index (Phi) is 5.15. The van der Waals surface area contributed by atoms with Crippen LogP contribution in [0.3, 0.4) is 0 Å². The first-order valence-electron chi connectivity index (χ1n) is 6.41. The molecule has 0 saturated heterocycles. The molecule has 3 N–H and O–H groups in total. The van der Waals surface area contributed by atoms with Crippen LogP contribution in [0, 0.1) is 0 Å². The zero-order valence-corrected chi connectivity index (χ0v) is 10.7. The summed E-state index contributed by atoms with van der Waals surface area (Å²) in [7, 11) is 0. The van der Waals surface area contributed by atoms with Crippen LogP contribution >= 0.6 is 0 Å². The summed E-state index contributed by atoms with van der Waals surface area (Å²) >= 11 is 0. The normalized spacial score (nSPS) is 12.5. The van der Waals surface area contributed by atoms with E-state index in [0.717, 1.165) is 11.3 Å². The first-order chi connectivity index (χ1) is 9.33. The molecule has 0 radical (unpaired) electrons. The third kappa shape index (κ3) is 3.92. The van der Waals surface area contributed by atoms with Crippen molar-refractivity contribution in [3.63, 3.8) is 0 Å². The lowest BCUT2D eigenvalue weighted by Gasteiger charge is -2.17. The first-order valence-corrected chi connectivity index (χ1v) is 6.41. The maximum Gasteiger partial charge on any atom is 0.129 e. The second-order valence-corrected chi connectivity index (χ2v) is 4.38. The minimum Gasteiger partial charge on any atom is -0.462 e. The highest BCUT2D eigenvalue weighted by atomic mass is 16.4. The van der Waals surface area contributed by atoms with Gasteiger partial charge >= 0.3 is 0 Å². The van der Waals surface area contributed by atoms with E-state index in [1.807, 2.05) is 36.4 Å². The lowest BCUT2D eigenvalue weighted by Crippen LogP contribution is -2.21. The van der Waals surface area contributed by atoms with Gasteiger partial charge in [-0.25, -0.2) is 0 Å². The summed E-state index contributed by atoms with van der Waals surface area (Å²) in [5.41, 5.74) is 1.14. The van der Waals surface area contributed by atoms with E-state index >= 15 is 0 Å². The van der Waals surface area contributed by atoms with E-state index in [4.69, 9.17) is 14.6 Å². The maximum absolute atomic E-state index is 9.14. The predicted molar refractivity (Wildman–Crippen MR) is 72.4 cm³/mol. The van der Waals surface area contributed by atoms with E-state index in [0.29, 0.717) is 18.7 Å². The zero-order valence-electron chi connectivity index (χ0n) is 10.7. The van der Waals surface area contributed by atoms with Crippen LogP contribution in [0.4, 0.5) is 0 Å². The highest BCUT2D eigenvalue weighted by Gasteiger charge is 2.11. The molecule has 0 unspecified atom stereocenters. The minimum absolute atomic E-state index is 0.0846. The number of benzene rings is 1. The number of hydrogen-bond donors (Lipinski definition) is 3. The number of aliphatic hydroxyl groups is 2. The van der Waals surface area contributed by atoms with Gasteiger partial charge in [0.15, 0.2) is 0 Å². The Morgan fingerprint density at radius 2 is 1.74 bits per heavy atom. The second kappa shape index (κ2) is 7.09. The monoisotopic (exact) mass is 261 g/mol. The maximum atomic E-state index is 9.14. The molecular weight excluding hydrogens is 242 g/mol. The van der Waals surface area contributed by atoms with Crippen LogP contribution in [0.1, 0.15) is 29.5 Å². The number of nitrogens with one attached hydrogen (secondary N) is 1. The Balaban J connectivity index is 1.97. The molecule has 1 aromatic heterocycles. The van der Waals surface area contributed by atoms with Crippen LogP contribution in [-0.4, -0.2) is 16.8 Å². The lowest BCUT2D eigenvalue weighted by atomic mass is 10.0. The summed E-state index contributed by atoms with van der Waals surface area (Å²) < 4.78 is 5.42. The standard InChI is InChI=1S/C15H19NO3/c17-9-8-15(12-4-2-1-3-5-12)16-10-13-6-7-14(11-18)19-13/h1-7,15-18H,8-11H2/t15-/m1/s1. The average Bonchev–Trinajstić information content (AvgIpc) is 2.92. The second-order valence-electron chi connectivity index (χ2n) is 4.38. The molecular formula is C15H19NO3. The minimum atomic E-state index is -0.0846. The molecule has 1 heterocycles. The van der Waals surface area contributed by atoms with E-state index in [9.17, 15) is 0 Å². The van der Waals surface area contributed by atoms with Gasteiger partial charge in [-0.3, -0.25) is 0 Å². The van der Waals surface area contributed by atoms with Crippen molar-refractivity contribution in [2.45, 2.75) is 25.6 Å². The molecule has 4 nitrogen and oxygen atoms in total. The van der Waals surface area contributed by atoms with Gasteiger partial charge in [0.05, 0.1) is 6.54 Å². The fraction of sp³-hybridized carbons (Fsp3) is 0.333. The quantitative estimate of drug-likeness (QED) is 0.713. The van der Waals surface area contributed by atoms with Crippen molar-refractivity contribution in [2.75, 3.05) is 6.61 Å². The van der Waals surface area contributed by atoms with Crippen LogP contribution in [0.2, 0.25) is 0 Å². The molecule has 2 rings (SSSR count). The summed E-state index contributed by atoms with van der Waals surface area (Å²) in [6.07, 6.45) is 0.650. The van der Waals surface area contributed by atoms with Gasteiger partial charge in [-0.15, -0.1) is 0 Å². The van der Waals surface area contributed by atoms with Crippen molar-refractivity contribution >= 4 is 0 Å². The van der Waals surface area contributed by atoms with Gasteiger partial charge in [-0.2, -0.15) is 0 Å². The van der Waals surface area contributed by atoms with Gasteiger partial charge in [0, 0.05) is 12.6 Å². The summed E-state index contributed by atoms with van der Waals surface area (Å²) in [6, 6.07) is 13.7. The average molecular weight is 261 g/mol. The van der Waals surface area contributed by atoms with Crippen LogP contribution < -0.4 is 5.32 Å². The van der Waals surface area contributed by atoms with Gasteiger partial charge in [-0.1, -0.05) is 30.3 Å². The fourth-order valence-electron chi connectivity index (χ4n) is 2.03. The van der Waals surface area contributed by atoms with Crippen LogP contribution in [-0.2, 0) is 13.2 Å². The smallest absolute Gasteiger partial charge is 0.129 e.